The molecule has 0 radical (unpaired) electrons. The summed E-state index contributed by atoms with van der Waals surface area (Å²) in [6, 6.07) is 0. The minimum Gasteiger partial charge on any atom is -0.372 e. The van der Waals surface area contributed by atoms with Crippen LogP contribution in [-0.2, 0) is 9.53 Å². The van der Waals surface area contributed by atoms with Crippen molar-refractivity contribution >= 4 is 5.91 Å². The summed E-state index contributed by atoms with van der Waals surface area (Å²) in [5, 5.41) is 0. The number of nitrogens with zero attached hydrogens (tertiary/aromatic N) is 1. The van der Waals surface area contributed by atoms with Crippen LogP contribution < -0.4 is 0 Å². The highest BCUT2D eigenvalue weighted by molar-refractivity contribution is 5.78. The summed E-state index contributed by atoms with van der Waals surface area (Å²) in [6.07, 6.45) is 2.67. The van der Waals surface area contributed by atoms with E-state index in [2.05, 4.69) is 6.58 Å². The van der Waals surface area contributed by atoms with Crippen LogP contribution in [0, 0.1) is 0 Å². The van der Waals surface area contributed by atoms with Gasteiger partial charge in [-0.15, -0.1) is 6.58 Å². The average molecular weight is 213 g/mol. The van der Waals surface area contributed by atoms with Gasteiger partial charge in [-0.3, -0.25) is 4.79 Å². The Labute approximate surface area is 93.1 Å². The van der Waals surface area contributed by atoms with Crippen molar-refractivity contribution in [1.82, 2.24) is 4.90 Å². The molecule has 0 saturated carbocycles. The van der Waals surface area contributed by atoms with Gasteiger partial charge in [-0.2, -0.15) is 0 Å². The highest BCUT2D eigenvalue weighted by Gasteiger charge is 2.24. The van der Waals surface area contributed by atoms with E-state index in [1.165, 1.54) is 0 Å². The van der Waals surface area contributed by atoms with Gasteiger partial charge in [0, 0.05) is 18.7 Å². The molecule has 0 bridgehead atoms. The predicted octanol–water partition coefficient (Wildman–Crippen LogP) is 2.23. The number of rotatable bonds is 6. The maximum Gasteiger partial charge on any atom is 0.249 e. The Balaban J connectivity index is 4.23. The number of ether oxygens (including phenoxy) is 1. The molecule has 0 N–H and O–H groups in total. The average Bonchev–Trinajstić information content (AvgIpc) is 2.12. The molecule has 3 nitrogen and oxygen atoms in total. The van der Waals surface area contributed by atoms with Crippen molar-refractivity contribution in [3.05, 3.63) is 12.7 Å². The number of carbonyl (C=O) groups excluding carboxylic acids is 1. The van der Waals surface area contributed by atoms with Crippen LogP contribution in [-0.4, -0.2) is 36.1 Å². The van der Waals surface area contributed by atoms with Crippen LogP contribution in [0.25, 0.3) is 0 Å². The fourth-order valence-electron chi connectivity index (χ4n) is 1.26. The van der Waals surface area contributed by atoms with Crippen molar-refractivity contribution in [2.45, 2.75) is 39.7 Å². The molecule has 88 valence electrons. The van der Waals surface area contributed by atoms with Crippen molar-refractivity contribution in [2.75, 3.05) is 19.8 Å². The number of hydrogen-bond donors (Lipinski definition) is 0. The minimum atomic E-state index is -0.180. The topological polar surface area (TPSA) is 29.5 Å². The molecule has 15 heavy (non-hydrogen) atoms. The van der Waals surface area contributed by atoms with Gasteiger partial charge in [-0.05, 0) is 27.2 Å². The number of hydrogen-bond acceptors (Lipinski definition) is 2. The molecule has 0 aliphatic heterocycles. The van der Waals surface area contributed by atoms with E-state index in [-0.39, 0.29) is 18.1 Å². The highest BCUT2D eigenvalue weighted by Crippen LogP contribution is 2.13. The minimum absolute atomic E-state index is 0.0239. The molecule has 0 aromatic rings. The van der Waals surface area contributed by atoms with E-state index in [1.54, 1.807) is 11.0 Å². The first-order valence-corrected chi connectivity index (χ1v) is 5.42. The number of amides is 1. The third kappa shape index (κ3) is 5.57. The van der Waals surface area contributed by atoms with Gasteiger partial charge in [0.25, 0.3) is 0 Å². The first-order chi connectivity index (χ1) is 6.93. The Morgan fingerprint density at radius 2 is 2.07 bits per heavy atom. The molecule has 0 aliphatic rings. The van der Waals surface area contributed by atoms with Crippen molar-refractivity contribution in [1.29, 1.82) is 0 Å². The van der Waals surface area contributed by atoms with Gasteiger partial charge in [0.15, 0.2) is 0 Å². The maximum atomic E-state index is 11.8. The van der Waals surface area contributed by atoms with Crippen LogP contribution >= 0.6 is 0 Å². The molecule has 0 aromatic heterocycles. The van der Waals surface area contributed by atoms with Crippen molar-refractivity contribution in [3.63, 3.8) is 0 Å². The molecule has 1 amide bonds. The van der Waals surface area contributed by atoms with Crippen LogP contribution in [0.4, 0.5) is 0 Å². The zero-order valence-electron chi connectivity index (χ0n) is 10.4. The monoisotopic (exact) mass is 213 g/mol. The lowest BCUT2D eigenvalue weighted by molar-refractivity contribution is -0.140. The van der Waals surface area contributed by atoms with E-state index in [0.717, 1.165) is 6.42 Å². The summed E-state index contributed by atoms with van der Waals surface area (Å²) in [5.74, 6) is 0.0239. The van der Waals surface area contributed by atoms with Crippen molar-refractivity contribution in [2.24, 2.45) is 0 Å². The second kappa shape index (κ2) is 6.62. The molecule has 0 saturated heterocycles. The standard InChI is InChI=1S/C12H23NO2/c1-6-8-13(12(3,4)5)11(14)10-15-9-7-2/h6H,1,7-10H2,2-5H3. The summed E-state index contributed by atoms with van der Waals surface area (Å²) in [5.41, 5.74) is -0.180. The zero-order chi connectivity index (χ0) is 11.9. The van der Waals surface area contributed by atoms with Crippen LogP contribution in [0.5, 0.6) is 0 Å². The highest BCUT2D eigenvalue weighted by atomic mass is 16.5. The summed E-state index contributed by atoms with van der Waals surface area (Å²) < 4.78 is 5.24. The fraction of sp³-hybridized carbons (Fsp3) is 0.750. The van der Waals surface area contributed by atoms with Gasteiger partial charge in [0.1, 0.15) is 6.61 Å². The molecule has 3 heteroatoms. The van der Waals surface area contributed by atoms with Crippen LogP contribution in [0.3, 0.4) is 0 Å². The number of carbonyl (C=O) groups is 1. The quantitative estimate of drug-likeness (QED) is 0.500. The molecular formula is C12H23NO2. The van der Waals surface area contributed by atoms with Crippen LogP contribution in [0.2, 0.25) is 0 Å². The van der Waals surface area contributed by atoms with Gasteiger partial charge >= 0.3 is 0 Å². The molecule has 0 spiro atoms. The zero-order valence-corrected chi connectivity index (χ0v) is 10.4. The van der Waals surface area contributed by atoms with E-state index >= 15 is 0 Å². The molecule has 0 aliphatic carbocycles. The molecular weight excluding hydrogens is 190 g/mol. The summed E-state index contributed by atoms with van der Waals surface area (Å²) in [7, 11) is 0. The lowest BCUT2D eigenvalue weighted by atomic mass is 10.1. The molecule has 0 aromatic carbocycles. The molecule has 0 heterocycles. The van der Waals surface area contributed by atoms with Gasteiger partial charge in [0.2, 0.25) is 5.91 Å². The second-order valence-corrected chi connectivity index (χ2v) is 4.52. The summed E-state index contributed by atoms with van der Waals surface area (Å²) in [6.45, 7) is 13.1. The predicted molar refractivity (Wildman–Crippen MR) is 62.8 cm³/mol. The Morgan fingerprint density at radius 1 is 1.47 bits per heavy atom. The lowest BCUT2D eigenvalue weighted by Gasteiger charge is -2.34. The van der Waals surface area contributed by atoms with E-state index in [1.807, 2.05) is 27.7 Å². The fourth-order valence-corrected chi connectivity index (χ4v) is 1.26. The van der Waals surface area contributed by atoms with Crippen molar-refractivity contribution in [3.8, 4) is 0 Å². The second-order valence-electron chi connectivity index (χ2n) is 4.52. The van der Waals surface area contributed by atoms with E-state index < -0.39 is 0 Å². The Bertz CT molecular complexity index is 206. The smallest absolute Gasteiger partial charge is 0.249 e. The van der Waals surface area contributed by atoms with Gasteiger partial charge in [-0.25, -0.2) is 0 Å². The van der Waals surface area contributed by atoms with Crippen molar-refractivity contribution < 1.29 is 9.53 Å². The maximum absolute atomic E-state index is 11.8. The van der Waals surface area contributed by atoms with E-state index in [0.29, 0.717) is 13.2 Å². The Hall–Kier alpha value is -0.830. The van der Waals surface area contributed by atoms with Gasteiger partial charge in [0.05, 0.1) is 0 Å². The lowest BCUT2D eigenvalue weighted by Crippen LogP contribution is -2.47. The van der Waals surface area contributed by atoms with Crippen LogP contribution in [0.15, 0.2) is 12.7 Å². The van der Waals surface area contributed by atoms with Crippen LogP contribution in [0.1, 0.15) is 34.1 Å². The summed E-state index contributed by atoms with van der Waals surface area (Å²) >= 11 is 0. The van der Waals surface area contributed by atoms with E-state index in [4.69, 9.17) is 4.74 Å². The molecule has 0 fully saturated rings. The normalized spacial score (nSPS) is 11.2. The SMILES string of the molecule is C=CCN(C(=O)COCCC)C(C)(C)C. The third-order valence-corrected chi connectivity index (χ3v) is 2.00. The Kier molecular flexibility index (Phi) is 6.25. The first kappa shape index (κ1) is 14.2. The molecule has 0 rings (SSSR count). The van der Waals surface area contributed by atoms with Gasteiger partial charge in [-0.1, -0.05) is 13.0 Å². The largest absolute Gasteiger partial charge is 0.372 e. The van der Waals surface area contributed by atoms with Gasteiger partial charge < -0.3 is 9.64 Å². The van der Waals surface area contributed by atoms with E-state index in [9.17, 15) is 4.79 Å². The molecule has 0 atom stereocenters. The molecule has 0 unspecified atom stereocenters. The Morgan fingerprint density at radius 3 is 2.47 bits per heavy atom. The first-order valence-electron chi connectivity index (χ1n) is 5.42. The summed E-state index contributed by atoms with van der Waals surface area (Å²) in [4.78, 5) is 13.6. The third-order valence-electron chi connectivity index (χ3n) is 2.00.